The maximum absolute atomic E-state index is 12.7. The van der Waals surface area contributed by atoms with Crippen molar-refractivity contribution in [3.05, 3.63) is 47.3 Å². The normalized spacial score (nSPS) is 22.5. The molecule has 0 aliphatic carbocycles. The topological polar surface area (TPSA) is 55.6 Å². The molecule has 1 fully saturated rings. The Kier molecular flexibility index (Phi) is 3.79. The van der Waals surface area contributed by atoms with Crippen LogP contribution >= 0.6 is 0 Å². The maximum Gasteiger partial charge on any atom is 0.276 e. The number of likely N-dealkylation sites (tertiary alicyclic amines) is 1. The predicted octanol–water partition coefficient (Wildman–Crippen LogP) is 3.24. The van der Waals surface area contributed by atoms with Crippen LogP contribution in [0.3, 0.4) is 0 Å². The highest BCUT2D eigenvalue weighted by Gasteiger charge is 2.44. The third-order valence-electron chi connectivity index (χ3n) is 5.03. The molecule has 1 atom stereocenters. The lowest BCUT2D eigenvalue weighted by atomic mass is 9.90. The van der Waals surface area contributed by atoms with E-state index in [2.05, 4.69) is 18.1 Å². The first-order valence-corrected chi connectivity index (χ1v) is 8.71. The van der Waals surface area contributed by atoms with Gasteiger partial charge >= 0.3 is 0 Å². The molecule has 0 unspecified atom stereocenters. The number of rotatable bonds is 3. The first-order chi connectivity index (χ1) is 11.7. The van der Waals surface area contributed by atoms with Crippen LogP contribution < -0.4 is 4.74 Å². The van der Waals surface area contributed by atoms with Crippen LogP contribution in [0.25, 0.3) is 0 Å². The smallest absolute Gasteiger partial charge is 0.276 e. The molecular weight excluding hydrogens is 304 g/mol. The van der Waals surface area contributed by atoms with Gasteiger partial charge in [0.25, 0.3) is 5.91 Å². The van der Waals surface area contributed by atoms with Crippen LogP contribution in [-0.4, -0.2) is 34.7 Å². The number of hydrogen-bond donors (Lipinski definition) is 0. The fourth-order valence-electron chi connectivity index (χ4n) is 3.70. The molecule has 1 amide bonds. The Labute approximate surface area is 141 Å². The molecule has 3 heterocycles. The van der Waals surface area contributed by atoms with E-state index >= 15 is 0 Å². The summed E-state index contributed by atoms with van der Waals surface area (Å²) in [6.45, 7) is 3.40. The Morgan fingerprint density at radius 1 is 1.33 bits per heavy atom. The van der Waals surface area contributed by atoms with Gasteiger partial charge in [-0.3, -0.25) is 4.79 Å². The monoisotopic (exact) mass is 326 g/mol. The Hall–Kier alpha value is -2.30. The van der Waals surface area contributed by atoms with Crippen molar-refractivity contribution >= 4 is 5.91 Å². The molecule has 2 aliphatic heterocycles. The minimum atomic E-state index is -0.250. The Balaban J connectivity index is 1.47. The molecule has 1 aromatic heterocycles. The van der Waals surface area contributed by atoms with Crippen molar-refractivity contribution in [1.29, 1.82) is 0 Å². The summed E-state index contributed by atoms with van der Waals surface area (Å²) in [7, 11) is 0. The van der Waals surface area contributed by atoms with Crippen LogP contribution in [0.1, 0.15) is 48.0 Å². The van der Waals surface area contributed by atoms with E-state index in [1.807, 2.05) is 23.1 Å². The lowest BCUT2D eigenvalue weighted by molar-refractivity contribution is 0.0481. The highest BCUT2D eigenvalue weighted by atomic mass is 16.5. The summed E-state index contributed by atoms with van der Waals surface area (Å²) in [6, 6.07) is 9.96. The molecule has 0 N–H and O–H groups in total. The third kappa shape index (κ3) is 2.68. The van der Waals surface area contributed by atoms with Gasteiger partial charge in [-0.05, 0) is 30.9 Å². The second-order valence-electron chi connectivity index (χ2n) is 6.80. The molecule has 4 rings (SSSR count). The van der Waals surface area contributed by atoms with E-state index < -0.39 is 0 Å². The number of benzene rings is 1. The van der Waals surface area contributed by atoms with Crippen LogP contribution in [0, 0.1) is 0 Å². The summed E-state index contributed by atoms with van der Waals surface area (Å²) >= 11 is 0. The van der Waals surface area contributed by atoms with Crippen LogP contribution in [0.15, 0.2) is 34.9 Å². The van der Waals surface area contributed by atoms with Crippen LogP contribution in [0.4, 0.5) is 0 Å². The van der Waals surface area contributed by atoms with Gasteiger partial charge in [-0.1, -0.05) is 30.3 Å². The lowest BCUT2D eigenvalue weighted by Crippen LogP contribution is -2.43. The zero-order valence-corrected chi connectivity index (χ0v) is 14.0. The Morgan fingerprint density at radius 3 is 3.08 bits per heavy atom. The van der Waals surface area contributed by atoms with E-state index in [4.69, 9.17) is 9.26 Å². The average Bonchev–Trinajstić information content (AvgIpc) is 3.22. The van der Waals surface area contributed by atoms with Crippen molar-refractivity contribution in [2.24, 2.45) is 0 Å². The standard InChI is InChI=1S/C19H22N2O3/c1-2-5-15-12-16(20-24-15)18(22)21-11-10-19(13-21)9-8-14-6-3-4-7-17(14)23-19/h3-4,6-7,12H,2,5,8-11,13H2,1H3/t19-/m1/s1. The molecule has 5 nitrogen and oxygen atoms in total. The van der Waals surface area contributed by atoms with Crippen molar-refractivity contribution < 1.29 is 14.1 Å². The largest absolute Gasteiger partial charge is 0.485 e. The van der Waals surface area contributed by atoms with E-state index in [1.165, 1.54) is 5.56 Å². The maximum atomic E-state index is 12.7. The van der Waals surface area contributed by atoms with Gasteiger partial charge in [0.15, 0.2) is 5.69 Å². The molecule has 1 aromatic carbocycles. The van der Waals surface area contributed by atoms with Crippen molar-refractivity contribution in [1.82, 2.24) is 10.1 Å². The third-order valence-corrected chi connectivity index (χ3v) is 5.03. The molecule has 126 valence electrons. The van der Waals surface area contributed by atoms with E-state index in [-0.39, 0.29) is 11.5 Å². The minimum absolute atomic E-state index is 0.0552. The van der Waals surface area contributed by atoms with Crippen LogP contribution in [-0.2, 0) is 12.8 Å². The van der Waals surface area contributed by atoms with Gasteiger partial charge < -0.3 is 14.2 Å². The highest BCUT2D eigenvalue weighted by molar-refractivity contribution is 5.92. The van der Waals surface area contributed by atoms with E-state index in [9.17, 15) is 4.79 Å². The molecule has 0 radical (unpaired) electrons. The number of hydrogen-bond acceptors (Lipinski definition) is 4. The summed E-state index contributed by atoms with van der Waals surface area (Å²) < 4.78 is 11.5. The van der Waals surface area contributed by atoms with Crippen molar-refractivity contribution in [2.45, 2.75) is 44.6 Å². The average molecular weight is 326 g/mol. The number of fused-ring (bicyclic) bond motifs is 1. The molecular formula is C19H22N2O3. The molecule has 1 saturated heterocycles. The molecule has 0 bridgehead atoms. The zero-order valence-electron chi connectivity index (χ0n) is 14.0. The molecule has 1 spiro atoms. The minimum Gasteiger partial charge on any atom is -0.485 e. The fraction of sp³-hybridized carbons (Fsp3) is 0.474. The second-order valence-corrected chi connectivity index (χ2v) is 6.80. The Morgan fingerprint density at radius 2 is 2.21 bits per heavy atom. The molecule has 5 heteroatoms. The van der Waals surface area contributed by atoms with Gasteiger partial charge in [0, 0.05) is 25.5 Å². The van der Waals surface area contributed by atoms with E-state index in [1.54, 1.807) is 6.07 Å². The van der Waals surface area contributed by atoms with Gasteiger partial charge in [-0.25, -0.2) is 0 Å². The lowest BCUT2D eigenvalue weighted by Gasteiger charge is -2.35. The van der Waals surface area contributed by atoms with Gasteiger partial charge in [-0.2, -0.15) is 0 Å². The summed E-state index contributed by atoms with van der Waals surface area (Å²) in [5.74, 6) is 1.68. The SMILES string of the molecule is CCCc1cc(C(=O)N2CC[C@]3(CCc4ccccc4O3)C2)no1. The summed E-state index contributed by atoms with van der Waals surface area (Å²) in [5, 5.41) is 3.94. The molecule has 2 aliphatic rings. The first kappa shape index (κ1) is 15.2. The first-order valence-electron chi connectivity index (χ1n) is 8.71. The van der Waals surface area contributed by atoms with Gasteiger partial charge in [0.05, 0.1) is 6.54 Å². The van der Waals surface area contributed by atoms with E-state index in [0.717, 1.165) is 43.6 Å². The number of carbonyl (C=O) groups is 1. The van der Waals surface area contributed by atoms with Crippen LogP contribution in [0.5, 0.6) is 5.75 Å². The van der Waals surface area contributed by atoms with Gasteiger partial charge in [0.2, 0.25) is 0 Å². The van der Waals surface area contributed by atoms with Crippen molar-refractivity contribution in [2.75, 3.05) is 13.1 Å². The molecule has 24 heavy (non-hydrogen) atoms. The summed E-state index contributed by atoms with van der Waals surface area (Å²) in [6.07, 6.45) is 4.61. The van der Waals surface area contributed by atoms with Gasteiger partial charge in [-0.15, -0.1) is 0 Å². The summed E-state index contributed by atoms with van der Waals surface area (Å²) in [5.41, 5.74) is 1.42. The number of amides is 1. The highest BCUT2D eigenvalue weighted by Crippen LogP contribution is 2.38. The quantitative estimate of drug-likeness (QED) is 0.869. The van der Waals surface area contributed by atoms with Crippen LogP contribution in [0.2, 0.25) is 0 Å². The Bertz CT molecular complexity index is 755. The number of aromatic nitrogens is 1. The zero-order chi connectivity index (χ0) is 16.6. The number of nitrogens with zero attached hydrogens (tertiary/aromatic N) is 2. The molecule has 2 aromatic rings. The number of carbonyl (C=O) groups excluding carboxylic acids is 1. The van der Waals surface area contributed by atoms with Crippen molar-refractivity contribution in [3.8, 4) is 5.75 Å². The van der Waals surface area contributed by atoms with Crippen molar-refractivity contribution in [3.63, 3.8) is 0 Å². The number of ether oxygens (including phenoxy) is 1. The number of aryl methyl sites for hydroxylation is 2. The van der Waals surface area contributed by atoms with Gasteiger partial charge in [0.1, 0.15) is 17.1 Å². The number of para-hydroxylation sites is 1. The second kappa shape index (κ2) is 5.96. The summed E-state index contributed by atoms with van der Waals surface area (Å²) in [4.78, 5) is 14.5. The van der Waals surface area contributed by atoms with E-state index in [0.29, 0.717) is 18.8 Å². The predicted molar refractivity (Wildman–Crippen MR) is 89.1 cm³/mol. The fourth-order valence-corrected chi connectivity index (χ4v) is 3.70. The molecule has 0 saturated carbocycles.